The van der Waals surface area contributed by atoms with E-state index in [1.165, 1.54) is 10.4 Å². The van der Waals surface area contributed by atoms with E-state index >= 15 is 0 Å². The molecule has 0 bridgehead atoms. The highest BCUT2D eigenvalue weighted by Crippen LogP contribution is 2.27. The fourth-order valence-electron chi connectivity index (χ4n) is 2.58. The number of piperazine rings is 1. The lowest BCUT2D eigenvalue weighted by molar-refractivity contribution is 0.385. The Morgan fingerprint density at radius 1 is 1.04 bits per heavy atom. The molecule has 1 aromatic carbocycles. The van der Waals surface area contributed by atoms with E-state index in [1.54, 1.807) is 18.5 Å². The minimum atomic E-state index is -3.71. The maximum atomic E-state index is 13.2. The molecule has 5 nitrogen and oxygen atoms in total. The minimum Gasteiger partial charge on any atom is -0.368 e. The van der Waals surface area contributed by atoms with E-state index in [2.05, 4.69) is 4.98 Å². The Kier molecular flexibility index (Phi) is 4.96. The molecule has 1 fully saturated rings. The van der Waals surface area contributed by atoms with Crippen LogP contribution < -0.4 is 4.90 Å². The summed E-state index contributed by atoms with van der Waals surface area (Å²) in [5.41, 5.74) is 0.827. The second-order valence-electron chi connectivity index (χ2n) is 5.29. The molecule has 0 aliphatic carbocycles. The van der Waals surface area contributed by atoms with E-state index in [0.717, 1.165) is 17.8 Å². The van der Waals surface area contributed by atoms with Crippen molar-refractivity contribution >= 4 is 38.9 Å². The summed E-state index contributed by atoms with van der Waals surface area (Å²) in [4.78, 5) is 5.94. The summed E-state index contributed by atoms with van der Waals surface area (Å²) < 4.78 is 39.9. The number of aromatic nitrogens is 1. The Labute approximate surface area is 149 Å². The lowest BCUT2D eigenvalue weighted by Gasteiger charge is -2.35. The summed E-state index contributed by atoms with van der Waals surface area (Å²) in [7, 11) is -3.71. The van der Waals surface area contributed by atoms with Crippen molar-refractivity contribution in [3.8, 4) is 0 Å². The number of sulfonamides is 1. The van der Waals surface area contributed by atoms with Gasteiger partial charge in [0.15, 0.2) is 0 Å². The molecule has 0 N–H and O–H groups in total. The number of rotatable bonds is 3. The lowest BCUT2D eigenvalue weighted by Crippen LogP contribution is -2.48. The zero-order valence-electron chi connectivity index (χ0n) is 12.5. The molecule has 0 radical (unpaired) electrons. The van der Waals surface area contributed by atoms with Crippen molar-refractivity contribution in [2.24, 2.45) is 0 Å². The van der Waals surface area contributed by atoms with Crippen LogP contribution in [0.1, 0.15) is 0 Å². The predicted molar refractivity (Wildman–Crippen MR) is 91.6 cm³/mol. The van der Waals surface area contributed by atoms with E-state index in [0.29, 0.717) is 31.2 Å². The molecule has 24 heavy (non-hydrogen) atoms. The van der Waals surface area contributed by atoms with Crippen molar-refractivity contribution in [1.82, 2.24) is 9.29 Å². The fraction of sp³-hybridized carbons (Fsp3) is 0.267. The first-order valence-corrected chi connectivity index (χ1v) is 9.39. The molecule has 0 unspecified atom stereocenters. The number of benzene rings is 1. The normalized spacial score (nSPS) is 16.4. The molecule has 1 aliphatic heterocycles. The van der Waals surface area contributed by atoms with Gasteiger partial charge in [0, 0.05) is 38.6 Å². The molecule has 1 aromatic heterocycles. The molecule has 0 spiro atoms. The number of pyridine rings is 1. The molecule has 0 amide bonds. The van der Waals surface area contributed by atoms with Crippen LogP contribution in [0.5, 0.6) is 0 Å². The average molecular weight is 390 g/mol. The second kappa shape index (κ2) is 6.84. The zero-order valence-corrected chi connectivity index (χ0v) is 14.8. The first-order valence-electron chi connectivity index (χ1n) is 7.19. The van der Waals surface area contributed by atoms with Crippen LogP contribution in [-0.4, -0.2) is 43.9 Å². The largest absolute Gasteiger partial charge is 0.368 e. The fourth-order valence-corrected chi connectivity index (χ4v) is 4.51. The monoisotopic (exact) mass is 389 g/mol. The summed E-state index contributed by atoms with van der Waals surface area (Å²) in [6.45, 7) is 1.60. The van der Waals surface area contributed by atoms with Gasteiger partial charge < -0.3 is 4.90 Å². The minimum absolute atomic E-state index is 0.00991. The third-order valence-corrected chi connectivity index (χ3v) is 6.33. The molecular formula is C15H14Cl2FN3O2S. The van der Waals surface area contributed by atoms with E-state index in [4.69, 9.17) is 23.2 Å². The first kappa shape index (κ1) is 17.4. The number of hydrogen-bond acceptors (Lipinski definition) is 4. The van der Waals surface area contributed by atoms with Gasteiger partial charge >= 0.3 is 0 Å². The van der Waals surface area contributed by atoms with Crippen LogP contribution in [0, 0.1) is 5.82 Å². The van der Waals surface area contributed by atoms with Crippen molar-refractivity contribution in [1.29, 1.82) is 0 Å². The number of nitrogens with zero attached hydrogens (tertiary/aromatic N) is 3. The highest BCUT2D eigenvalue weighted by atomic mass is 35.5. The molecule has 9 heteroatoms. The van der Waals surface area contributed by atoms with Crippen LogP contribution >= 0.6 is 23.2 Å². The van der Waals surface area contributed by atoms with E-state index < -0.39 is 15.8 Å². The van der Waals surface area contributed by atoms with Gasteiger partial charge in [-0.25, -0.2) is 12.8 Å². The van der Waals surface area contributed by atoms with Crippen LogP contribution in [0.25, 0.3) is 0 Å². The van der Waals surface area contributed by atoms with Crippen LogP contribution in [0.3, 0.4) is 0 Å². The summed E-state index contributed by atoms with van der Waals surface area (Å²) in [6, 6.07) is 5.22. The van der Waals surface area contributed by atoms with Gasteiger partial charge in [0.1, 0.15) is 5.82 Å². The Morgan fingerprint density at radius 2 is 1.75 bits per heavy atom. The van der Waals surface area contributed by atoms with Crippen molar-refractivity contribution < 1.29 is 12.8 Å². The van der Waals surface area contributed by atoms with Crippen molar-refractivity contribution in [2.45, 2.75) is 4.90 Å². The van der Waals surface area contributed by atoms with Gasteiger partial charge in [0.2, 0.25) is 10.0 Å². The molecule has 128 valence electrons. The molecule has 2 heterocycles. The summed E-state index contributed by atoms with van der Waals surface area (Å²) in [5, 5.41) is 0.317. The van der Waals surface area contributed by atoms with Gasteiger partial charge in [0.25, 0.3) is 0 Å². The standard InChI is InChI=1S/C15H14Cl2FN3O2S/c16-12-9-11(1-2-14(12)18)24(22,23)21-7-5-20(6-8-21)15-3-4-19-10-13(15)17/h1-4,9-10H,5-8H2. The van der Waals surface area contributed by atoms with Gasteiger partial charge in [-0.1, -0.05) is 23.2 Å². The van der Waals surface area contributed by atoms with Crippen molar-refractivity contribution in [3.05, 3.63) is 52.5 Å². The number of halogens is 3. The first-order chi connectivity index (χ1) is 11.4. The topological polar surface area (TPSA) is 53.5 Å². The lowest BCUT2D eigenvalue weighted by atomic mass is 10.3. The third kappa shape index (κ3) is 3.35. The van der Waals surface area contributed by atoms with Crippen molar-refractivity contribution in [2.75, 3.05) is 31.1 Å². The molecule has 0 atom stereocenters. The van der Waals surface area contributed by atoms with Gasteiger partial charge in [-0.15, -0.1) is 0 Å². The molecule has 0 saturated carbocycles. The predicted octanol–water partition coefficient (Wildman–Crippen LogP) is 3.04. The quantitative estimate of drug-likeness (QED) is 0.809. The second-order valence-corrected chi connectivity index (χ2v) is 8.05. The Morgan fingerprint density at radius 3 is 2.38 bits per heavy atom. The van der Waals surface area contributed by atoms with E-state index in [1.807, 2.05) is 4.90 Å². The molecule has 3 rings (SSSR count). The van der Waals surface area contributed by atoms with E-state index in [9.17, 15) is 12.8 Å². The summed E-state index contributed by atoms with van der Waals surface area (Å²) in [5.74, 6) is -0.646. The highest BCUT2D eigenvalue weighted by molar-refractivity contribution is 7.89. The maximum Gasteiger partial charge on any atom is 0.243 e. The molecule has 1 saturated heterocycles. The van der Waals surface area contributed by atoms with Crippen LogP contribution in [-0.2, 0) is 10.0 Å². The number of hydrogen-bond donors (Lipinski definition) is 0. The van der Waals surface area contributed by atoms with Crippen LogP contribution in [0.2, 0.25) is 10.0 Å². The zero-order chi connectivity index (χ0) is 17.3. The number of anilines is 1. The molecular weight excluding hydrogens is 376 g/mol. The third-order valence-electron chi connectivity index (χ3n) is 3.86. The van der Waals surface area contributed by atoms with E-state index in [-0.39, 0.29) is 9.92 Å². The molecule has 1 aliphatic rings. The Bertz CT molecular complexity index is 856. The SMILES string of the molecule is O=S(=O)(c1ccc(F)c(Cl)c1)N1CCN(c2ccncc2Cl)CC1. The maximum absolute atomic E-state index is 13.2. The van der Waals surface area contributed by atoms with Gasteiger partial charge in [-0.3, -0.25) is 4.98 Å². The van der Waals surface area contributed by atoms with Gasteiger partial charge in [-0.2, -0.15) is 4.31 Å². The van der Waals surface area contributed by atoms with Crippen LogP contribution in [0.4, 0.5) is 10.1 Å². The van der Waals surface area contributed by atoms with Gasteiger partial charge in [0.05, 0.1) is 20.6 Å². The smallest absolute Gasteiger partial charge is 0.243 e. The van der Waals surface area contributed by atoms with Crippen LogP contribution in [0.15, 0.2) is 41.6 Å². The summed E-state index contributed by atoms with van der Waals surface area (Å²) >= 11 is 11.8. The Balaban J connectivity index is 1.76. The summed E-state index contributed by atoms with van der Waals surface area (Å²) in [6.07, 6.45) is 3.20. The van der Waals surface area contributed by atoms with Gasteiger partial charge in [-0.05, 0) is 24.3 Å². The van der Waals surface area contributed by atoms with Crippen molar-refractivity contribution in [3.63, 3.8) is 0 Å². The molecule has 2 aromatic rings. The highest BCUT2D eigenvalue weighted by Gasteiger charge is 2.29. The Hall–Kier alpha value is -1.41. The average Bonchev–Trinajstić information content (AvgIpc) is 2.58.